The third-order valence-corrected chi connectivity index (χ3v) is 4.14. The first-order chi connectivity index (χ1) is 9.89. The van der Waals surface area contributed by atoms with Crippen molar-refractivity contribution in [3.63, 3.8) is 0 Å². The van der Waals surface area contributed by atoms with Crippen LogP contribution in [-0.2, 0) is 9.31 Å². The molecule has 2 aromatic rings. The number of pyridine rings is 1. The Kier molecular flexibility index (Phi) is 3.30. The second-order valence-corrected chi connectivity index (χ2v) is 6.17. The summed E-state index contributed by atoms with van der Waals surface area (Å²) in [6, 6.07) is 7.62. The van der Waals surface area contributed by atoms with Crippen LogP contribution in [0.2, 0.25) is 0 Å². The van der Waals surface area contributed by atoms with Crippen LogP contribution in [0, 0.1) is 0 Å². The van der Waals surface area contributed by atoms with Crippen LogP contribution in [0.25, 0.3) is 11.3 Å². The molecule has 5 nitrogen and oxygen atoms in total. The van der Waals surface area contributed by atoms with Gasteiger partial charge in [-0.25, -0.2) is 0 Å². The fraction of sp³-hybridized carbons (Fsp3) is 0.400. The molecule has 0 saturated carbocycles. The van der Waals surface area contributed by atoms with E-state index >= 15 is 0 Å². The summed E-state index contributed by atoms with van der Waals surface area (Å²) in [4.78, 5) is 4.08. The first-order valence-corrected chi connectivity index (χ1v) is 6.99. The second kappa shape index (κ2) is 4.89. The lowest BCUT2D eigenvalue weighted by Crippen LogP contribution is -2.41. The van der Waals surface area contributed by atoms with E-state index < -0.39 is 7.12 Å². The SMILES string of the molecule is CC1(C)OB(c2ccc(-c3cccnc3)nn2)OC1(C)C. The van der Waals surface area contributed by atoms with E-state index in [9.17, 15) is 0 Å². The Balaban J connectivity index is 1.83. The Labute approximate surface area is 124 Å². The number of aromatic nitrogens is 3. The van der Waals surface area contributed by atoms with Gasteiger partial charge in [-0.05, 0) is 52.0 Å². The van der Waals surface area contributed by atoms with Gasteiger partial charge in [0.2, 0.25) is 0 Å². The van der Waals surface area contributed by atoms with Gasteiger partial charge in [0.1, 0.15) is 0 Å². The Morgan fingerprint density at radius 1 is 0.952 bits per heavy atom. The molecule has 1 fully saturated rings. The van der Waals surface area contributed by atoms with Crippen LogP contribution in [0.15, 0.2) is 36.7 Å². The highest BCUT2D eigenvalue weighted by molar-refractivity contribution is 6.61. The van der Waals surface area contributed by atoms with E-state index in [0.29, 0.717) is 5.59 Å². The van der Waals surface area contributed by atoms with Crippen molar-refractivity contribution in [2.45, 2.75) is 38.9 Å². The number of nitrogens with zero attached hydrogens (tertiary/aromatic N) is 3. The molecular weight excluding hydrogens is 265 g/mol. The summed E-state index contributed by atoms with van der Waals surface area (Å²) in [5.41, 5.74) is 1.65. The lowest BCUT2D eigenvalue weighted by atomic mass is 9.84. The van der Waals surface area contributed by atoms with E-state index in [0.717, 1.165) is 11.3 Å². The molecule has 1 aliphatic heterocycles. The average molecular weight is 283 g/mol. The molecule has 2 aromatic heterocycles. The number of hydrogen-bond donors (Lipinski definition) is 0. The standard InChI is InChI=1S/C15H18BN3O2/c1-14(2)15(3,4)21-16(20-14)13-8-7-12(18-19-13)11-6-5-9-17-10-11/h5-10H,1-4H3. The minimum absolute atomic E-state index is 0.374. The van der Waals surface area contributed by atoms with E-state index in [1.165, 1.54) is 0 Å². The van der Waals surface area contributed by atoms with Gasteiger partial charge in [0, 0.05) is 18.0 Å². The molecule has 6 heteroatoms. The lowest BCUT2D eigenvalue weighted by molar-refractivity contribution is 0.00578. The van der Waals surface area contributed by atoms with Gasteiger partial charge in [-0.1, -0.05) is 0 Å². The van der Waals surface area contributed by atoms with Gasteiger partial charge in [-0.2, -0.15) is 10.2 Å². The first-order valence-electron chi connectivity index (χ1n) is 6.99. The van der Waals surface area contributed by atoms with Crippen molar-refractivity contribution in [1.82, 2.24) is 15.2 Å². The summed E-state index contributed by atoms with van der Waals surface area (Å²) in [7, 11) is -0.481. The van der Waals surface area contributed by atoms with Crippen LogP contribution >= 0.6 is 0 Å². The fourth-order valence-electron chi connectivity index (χ4n) is 2.10. The van der Waals surface area contributed by atoms with E-state index in [2.05, 4.69) is 15.2 Å². The predicted molar refractivity (Wildman–Crippen MR) is 81.0 cm³/mol. The summed E-state index contributed by atoms with van der Waals surface area (Å²) >= 11 is 0. The van der Waals surface area contributed by atoms with Gasteiger partial charge in [-0.15, -0.1) is 0 Å². The highest BCUT2D eigenvalue weighted by atomic mass is 16.7. The Morgan fingerprint density at radius 3 is 2.19 bits per heavy atom. The predicted octanol–water partition coefficient (Wildman–Crippen LogP) is 1.84. The monoisotopic (exact) mass is 283 g/mol. The lowest BCUT2D eigenvalue weighted by Gasteiger charge is -2.32. The van der Waals surface area contributed by atoms with Gasteiger partial charge >= 0.3 is 7.12 Å². The molecule has 0 radical (unpaired) electrons. The van der Waals surface area contributed by atoms with Gasteiger partial charge in [-0.3, -0.25) is 4.98 Å². The summed E-state index contributed by atoms with van der Waals surface area (Å²) in [5, 5.41) is 8.48. The highest BCUT2D eigenvalue weighted by Gasteiger charge is 2.52. The maximum absolute atomic E-state index is 5.96. The Morgan fingerprint density at radius 2 is 1.67 bits per heavy atom. The van der Waals surface area contributed by atoms with Crippen LogP contribution in [0.5, 0.6) is 0 Å². The normalized spacial score (nSPS) is 19.7. The van der Waals surface area contributed by atoms with Crippen molar-refractivity contribution in [2.75, 3.05) is 0 Å². The van der Waals surface area contributed by atoms with Crippen LogP contribution in [-0.4, -0.2) is 33.5 Å². The zero-order chi connectivity index (χ0) is 15.1. The van der Waals surface area contributed by atoms with Gasteiger partial charge in [0.25, 0.3) is 0 Å². The number of hydrogen-bond acceptors (Lipinski definition) is 5. The van der Waals surface area contributed by atoms with Crippen LogP contribution in [0.3, 0.4) is 0 Å². The highest BCUT2D eigenvalue weighted by Crippen LogP contribution is 2.36. The van der Waals surface area contributed by atoms with E-state index in [4.69, 9.17) is 9.31 Å². The maximum atomic E-state index is 5.96. The van der Waals surface area contributed by atoms with Crippen molar-refractivity contribution in [2.24, 2.45) is 0 Å². The van der Waals surface area contributed by atoms with Crippen molar-refractivity contribution in [3.05, 3.63) is 36.7 Å². The second-order valence-electron chi connectivity index (χ2n) is 6.17. The van der Waals surface area contributed by atoms with Crippen molar-refractivity contribution < 1.29 is 9.31 Å². The third kappa shape index (κ3) is 2.56. The zero-order valence-electron chi connectivity index (χ0n) is 12.7. The van der Waals surface area contributed by atoms with E-state index in [1.807, 2.05) is 52.0 Å². The molecule has 0 N–H and O–H groups in total. The van der Waals surface area contributed by atoms with E-state index in [-0.39, 0.29) is 11.2 Å². The largest absolute Gasteiger partial charge is 0.516 e. The summed E-state index contributed by atoms with van der Waals surface area (Å²) in [6.07, 6.45) is 3.49. The summed E-state index contributed by atoms with van der Waals surface area (Å²) < 4.78 is 11.9. The summed E-state index contributed by atoms with van der Waals surface area (Å²) in [6.45, 7) is 8.07. The fourth-order valence-corrected chi connectivity index (χ4v) is 2.10. The van der Waals surface area contributed by atoms with Gasteiger partial charge in [0.15, 0.2) is 0 Å². The topological polar surface area (TPSA) is 57.1 Å². The van der Waals surface area contributed by atoms with Crippen LogP contribution in [0.1, 0.15) is 27.7 Å². The Hall–Kier alpha value is -1.79. The van der Waals surface area contributed by atoms with Crippen LogP contribution in [0.4, 0.5) is 0 Å². The molecule has 108 valence electrons. The average Bonchev–Trinajstić information content (AvgIpc) is 2.69. The first kappa shape index (κ1) is 14.2. The van der Waals surface area contributed by atoms with Gasteiger partial charge < -0.3 is 9.31 Å². The van der Waals surface area contributed by atoms with Crippen molar-refractivity contribution >= 4 is 12.7 Å². The third-order valence-electron chi connectivity index (χ3n) is 4.14. The molecule has 1 aliphatic rings. The molecule has 1 saturated heterocycles. The molecule has 0 unspecified atom stereocenters. The number of rotatable bonds is 2. The molecule has 0 atom stereocenters. The summed E-state index contributed by atoms with van der Waals surface area (Å²) in [5.74, 6) is 0. The molecular formula is C15H18BN3O2. The maximum Gasteiger partial charge on any atom is 0.516 e. The van der Waals surface area contributed by atoms with Crippen molar-refractivity contribution in [1.29, 1.82) is 0 Å². The van der Waals surface area contributed by atoms with E-state index in [1.54, 1.807) is 12.4 Å². The molecule has 0 amide bonds. The molecule has 0 bridgehead atoms. The Bertz CT molecular complexity index is 613. The zero-order valence-corrected chi connectivity index (χ0v) is 12.7. The van der Waals surface area contributed by atoms with Crippen molar-refractivity contribution in [3.8, 4) is 11.3 Å². The smallest absolute Gasteiger partial charge is 0.398 e. The molecule has 0 aromatic carbocycles. The molecule has 21 heavy (non-hydrogen) atoms. The quantitative estimate of drug-likeness (QED) is 0.787. The molecule has 0 spiro atoms. The van der Waals surface area contributed by atoms with Gasteiger partial charge in [0.05, 0.1) is 22.5 Å². The van der Waals surface area contributed by atoms with Crippen LogP contribution < -0.4 is 5.59 Å². The molecule has 0 aliphatic carbocycles. The molecule has 3 rings (SSSR count). The minimum Gasteiger partial charge on any atom is -0.398 e. The molecule has 3 heterocycles. The minimum atomic E-state index is -0.481.